The van der Waals surface area contributed by atoms with E-state index in [1.807, 2.05) is 6.20 Å². The van der Waals surface area contributed by atoms with Crippen molar-refractivity contribution in [2.75, 3.05) is 26.2 Å². The third-order valence-electron chi connectivity index (χ3n) is 8.49. The number of likely N-dealkylation sites (tertiary alicyclic amines) is 1. The highest BCUT2D eigenvalue weighted by molar-refractivity contribution is 5.70. The van der Waals surface area contributed by atoms with Gasteiger partial charge in [0, 0.05) is 54.8 Å². The molecule has 2 fully saturated rings. The molecule has 4 atom stereocenters. The van der Waals surface area contributed by atoms with E-state index in [0.29, 0.717) is 18.4 Å². The van der Waals surface area contributed by atoms with Crippen LogP contribution < -0.4 is 5.73 Å². The summed E-state index contributed by atoms with van der Waals surface area (Å²) in [5.41, 5.74) is 11.1. The minimum Gasteiger partial charge on any atom is -0.395 e. The number of imidazole rings is 1. The van der Waals surface area contributed by atoms with Gasteiger partial charge in [0.1, 0.15) is 5.82 Å². The minimum atomic E-state index is -0.260. The molecule has 37 heavy (non-hydrogen) atoms. The molecule has 0 radical (unpaired) electrons. The molecule has 2 aromatic rings. The first-order valence-corrected chi connectivity index (χ1v) is 13.7. The zero-order chi connectivity index (χ0) is 27.0. The number of benzene rings is 1. The summed E-state index contributed by atoms with van der Waals surface area (Å²) < 4.78 is 2.28. The van der Waals surface area contributed by atoms with Crippen LogP contribution in [0.25, 0.3) is 5.57 Å². The first-order valence-electron chi connectivity index (χ1n) is 13.7. The van der Waals surface area contributed by atoms with Crippen LogP contribution in [0.2, 0.25) is 0 Å². The highest BCUT2D eigenvalue weighted by Gasteiger charge is 2.75. The number of β-amino-alcohol motifs (C(OH)–C–C–N with tert-alkyl or cyclic N) is 1. The predicted octanol–water partition coefficient (Wildman–Crippen LogP) is 5.25. The molecule has 1 aliphatic carbocycles. The highest BCUT2D eigenvalue weighted by atomic mass is 16.3. The molecule has 1 saturated carbocycles. The van der Waals surface area contributed by atoms with Crippen molar-refractivity contribution < 1.29 is 5.11 Å². The van der Waals surface area contributed by atoms with E-state index in [2.05, 4.69) is 111 Å². The molecule has 1 aliphatic heterocycles. The topological polar surface area (TPSA) is 67.3 Å². The summed E-state index contributed by atoms with van der Waals surface area (Å²) in [5, 5.41) is 9.25. The zero-order valence-electron chi connectivity index (χ0n) is 23.5. The lowest BCUT2D eigenvalue weighted by Crippen LogP contribution is -2.37. The minimum absolute atomic E-state index is 0.0174. The quantitative estimate of drug-likeness (QED) is 0.365. The molecule has 0 spiro atoms. The smallest absolute Gasteiger partial charge is 0.111 e. The van der Waals surface area contributed by atoms with E-state index in [1.165, 1.54) is 11.1 Å². The van der Waals surface area contributed by atoms with E-state index >= 15 is 0 Å². The third kappa shape index (κ3) is 5.08. The second-order valence-electron chi connectivity index (χ2n) is 11.8. The summed E-state index contributed by atoms with van der Waals surface area (Å²) in [7, 11) is 0. The monoisotopic (exact) mass is 500 g/mol. The lowest BCUT2D eigenvalue weighted by atomic mass is 9.91. The molecule has 2 heterocycles. The molecule has 4 unspecified atom stereocenters. The first kappa shape index (κ1) is 27.4. The van der Waals surface area contributed by atoms with Gasteiger partial charge in [0.2, 0.25) is 0 Å². The molecule has 1 aromatic heterocycles. The van der Waals surface area contributed by atoms with Crippen molar-refractivity contribution in [2.45, 2.75) is 65.5 Å². The number of nitrogens with zero attached hydrogens (tertiary/aromatic N) is 3. The summed E-state index contributed by atoms with van der Waals surface area (Å²) in [5.74, 6) is 8.89. The molecular weight excluding hydrogens is 456 g/mol. The van der Waals surface area contributed by atoms with E-state index < -0.39 is 0 Å². The van der Waals surface area contributed by atoms with Crippen LogP contribution in [0, 0.1) is 29.1 Å². The molecule has 2 aliphatic rings. The Morgan fingerprint density at radius 2 is 1.95 bits per heavy atom. The predicted molar refractivity (Wildman–Crippen MR) is 153 cm³/mol. The summed E-state index contributed by atoms with van der Waals surface area (Å²) in [6.07, 6.45) is 7.21. The molecule has 198 valence electrons. The number of aliphatic hydroxyl groups excluding tert-OH is 1. The van der Waals surface area contributed by atoms with Crippen molar-refractivity contribution in [2.24, 2.45) is 23.0 Å². The normalized spacial score (nSPS) is 26.2. The summed E-state index contributed by atoms with van der Waals surface area (Å²) in [4.78, 5) is 6.84. The van der Waals surface area contributed by atoms with E-state index in [0.717, 1.165) is 36.5 Å². The number of hydrogen-bond acceptors (Lipinski definition) is 4. The third-order valence-corrected chi connectivity index (χ3v) is 8.49. The maximum absolute atomic E-state index is 9.25. The fourth-order valence-electron chi connectivity index (χ4n) is 6.23. The van der Waals surface area contributed by atoms with Crippen LogP contribution in [0.15, 0.2) is 54.9 Å². The Morgan fingerprint density at radius 1 is 1.24 bits per heavy atom. The lowest BCUT2D eigenvalue weighted by molar-refractivity contribution is 0.196. The fraction of sp³-hybridized carbons (Fsp3) is 0.531. The molecular formula is C32H44N4O. The number of hydrogen-bond donors (Lipinski definition) is 2. The van der Waals surface area contributed by atoms with Crippen molar-refractivity contribution in [3.8, 4) is 11.8 Å². The standard InChI is InChI=1S/C32H44N4O/c1-8-28(36-16-15-34-30(36)23(4)5)24(6)19-27(22(2)3)26-12-9-25(10-13-26)11-14-29-31(7)20-35(17-18-37)21-32(29,31)33/h9-10,12-13,15-16,19,22-23,28-29,37H,6,8,17-18,20-21,33H2,1-5,7H3/b27-19+. The van der Waals surface area contributed by atoms with Crippen molar-refractivity contribution >= 4 is 5.57 Å². The van der Waals surface area contributed by atoms with Crippen molar-refractivity contribution in [1.29, 1.82) is 0 Å². The molecule has 1 saturated heterocycles. The maximum Gasteiger partial charge on any atom is 0.111 e. The van der Waals surface area contributed by atoms with Crippen molar-refractivity contribution in [3.63, 3.8) is 0 Å². The molecule has 3 N–H and O–H groups in total. The second kappa shape index (κ2) is 10.6. The number of rotatable bonds is 9. The summed E-state index contributed by atoms with van der Waals surface area (Å²) >= 11 is 0. The van der Waals surface area contributed by atoms with Crippen LogP contribution in [0.3, 0.4) is 0 Å². The van der Waals surface area contributed by atoms with Gasteiger partial charge in [-0.1, -0.05) is 78.2 Å². The first-order chi connectivity index (χ1) is 17.6. The second-order valence-corrected chi connectivity index (χ2v) is 11.8. The molecule has 4 rings (SSSR count). The number of allylic oxidation sites excluding steroid dienone is 3. The summed E-state index contributed by atoms with van der Waals surface area (Å²) in [6.45, 7) is 20.3. The Kier molecular flexibility index (Phi) is 7.85. The van der Waals surface area contributed by atoms with Gasteiger partial charge < -0.3 is 15.4 Å². The zero-order valence-corrected chi connectivity index (χ0v) is 23.5. The number of fused-ring (bicyclic) bond motifs is 1. The molecule has 0 amide bonds. The Balaban J connectivity index is 1.50. The maximum atomic E-state index is 9.25. The van der Waals surface area contributed by atoms with Gasteiger partial charge >= 0.3 is 0 Å². The summed E-state index contributed by atoms with van der Waals surface area (Å²) in [6, 6.07) is 8.78. The Labute approximate surface area is 223 Å². The number of piperidine rings is 1. The Hall–Kier alpha value is -2.65. The van der Waals surface area contributed by atoms with Gasteiger partial charge in [0.05, 0.1) is 18.2 Å². The van der Waals surface area contributed by atoms with Crippen LogP contribution in [-0.2, 0) is 0 Å². The molecule has 1 aromatic carbocycles. The fourth-order valence-corrected chi connectivity index (χ4v) is 6.23. The van der Waals surface area contributed by atoms with Crippen molar-refractivity contribution in [1.82, 2.24) is 14.5 Å². The lowest BCUT2D eigenvalue weighted by Gasteiger charge is -2.23. The van der Waals surface area contributed by atoms with Crippen LogP contribution >= 0.6 is 0 Å². The van der Waals surface area contributed by atoms with Crippen LogP contribution in [0.1, 0.15) is 76.9 Å². The van der Waals surface area contributed by atoms with E-state index in [-0.39, 0.29) is 29.5 Å². The van der Waals surface area contributed by atoms with Gasteiger partial charge in [-0.2, -0.15) is 0 Å². The van der Waals surface area contributed by atoms with Gasteiger partial charge in [0.15, 0.2) is 0 Å². The highest BCUT2D eigenvalue weighted by Crippen LogP contribution is 2.64. The average molecular weight is 501 g/mol. The van der Waals surface area contributed by atoms with Gasteiger partial charge in [0.25, 0.3) is 0 Å². The largest absolute Gasteiger partial charge is 0.395 e. The van der Waals surface area contributed by atoms with Crippen LogP contribution in [-0.4, -0.2) is 51.3 Å². The number of nitrogens with two attached hydrogens (primary N) is 1. The van der Waals surface area contributed by atoms with Crippen molar-refractivity contribution in [3.05, 3.63) is 71.8 Å². The average Bonchev–Trinajstić information content (AvgIpc) is 3.20. The number of aliphatic hydroxyl groups is 1. The molecule has 5 nitrogen and oxygen atoms in total. The van der Waals surface area contributed by atoms with Gasteiger partial charge in [-0.25, -0.2) is 4.98 Å². The Bertz CT molecular complexity index is 1190. The van der Waals surface area contributed by atoms with E-state index in [1.54, 1.807) is 0 Å². The van der Waals surface area contributed by atoms with E-state index in [9.17, 15) is 5.11 Å². The van der Waals surface area contributed by atoms with Gasteiger partial charge in [-0.05, 0) is 41.2 Å². The van der Waals surface area contributed by atoms with Crippen LogP contribution in [0.5, 0.6) is 0 Å². The molecule has 5 heteroatoms. The Morgan fingerprint density at radius 3 is 2.49 bits per heavy atom. The van der Waals surface area contributed by atoms with E-state index in [4.69, 9.17) is 5.73 Å². The molecule has 0 bridgehead atoms. The van der Waals surface area contributed by atoms with Gasteiger partial charge in [-0.15, -0.1) is 0 Å². The van der Waals surface area contributed by atoms with Gasteiger partial charge in [-0.3, -0.25) is 4.90 Å². The number of aromatic nitrogens is 2. The van der Waals surface area contributed by atoms with Crippen LogP contribution in [0.4, 0.5) is 0 Å². The SMILES string of the molecule is C=C(/C=C(/c1ccc(C#CC2C3(C)CN(CCO)CC23N)cc1)C(C)C)C(CC)n1ccnc1C(C)C.